The van der Waals surface area contributed by atoms with Crippen molar-refractivity contribution in [1.82, 2.24) is 39.0 Å². The molecule has 22 aromatic rings. The molecule has 8 heteroatoms. The summed E-state index contributed by atoms with van der Waals surface area (Å²) in [6.07, 6.45) is 0. The first kappa shape index (κ1) is 63.6. The summed E-state index contributed by atoms with van der Waals surface area (Å²) in [4.78, 5) is 29.9. The second kappa shape index (κ2) is 26.6. The maximum Gasteiger partial charge on any atom is 0.164 e. The Bertz CT molecular complexity index is 7280. The molecule has 0 unspecified atom stereocenters. The van der Waals surface area contributed by atoms with Gasteiger partial charge in [0.25, 0.3) is 0 Å². The van der Waals surface area contributed by atoms with E-state index in [9.17, 15) is 0 Å². The van der Waals surface area contributed by atoms with Crippen molar-refractivity contribution in [2.75, 3.05) is 0 Å². The topological polar surface area (TPSA) is 87.2 Å². The molecule has 0 bridgehead atoms. The first-order valence-electron chi connectivity index (χ1n) is 37.2. The van der Waals surface area contributed by atoms with Gasteiger partial charge in [-0.2, -0.15) is 0 Å². The number of hydrogen-bond acceptors (Lipinski definition) is 6. The van der Waals surface area contributed by atoms with Gasteiger partial charge < -0.3 is 9.13 Å². The van der Waals surface area contributed by atoms with Crippen LogP contribution in [0.3, 0.4) is 0 Å². The van der Waals surface area contributed by atoms with Gasteiger partial charge in [-0.25, -0.2) is 29.9 Å². The predicted octanol–water partition coefficient (Wildman–Crippen LogP) is 26.2. The number of benzene rings is 18. The number of nitrogens with zero attached hydrogens (tertiary/aromatic N) is 8. The first-order valence-corrected chi connectivity index (χ1v) is 37.2. The Kier molecular flexibility index (Phi) is 15.4. The van der Waals surface area contributed by atoms with Gasteiger partial charge in [-0.3, -0.25) is 0 Å². The molecule has 0 radical (unpaired) electrons. The fraction of sp³-hybridized carbons (Fsp3) is 0. The van der Waals surface area contributed by atoms with Crippen LogP contribution >= 0.6 is 0 Å². The first-order chi connectivity index (χ1) is 54.5. The molecule has 4 aromatic heterocycles. The molecule has 0 aliphatic carbocycles. The number of para-hydroxylation sites is 2. The molecule has 512 valence electrons. The second-order valence-corrected chi connectivity index (χ2v) is 28.1. The molecular formula is C102H64N8. The van der Waals surface area contributed by atoms with E-state index in [0.29, 0.717) is 34.9 Å². The average molecular weight is 1400 g/mol. The van der Waals surface area contributed by atoms with Crippen molar-refractivity contribution >= 4 is 108 Å². The smallest absolute Gasteiger partial charge is 0.164 e. The van der Waals surface area contributed by atoms with Gasteiger partial charge in [0.2, 0.25) is 0 Å². The van der Waals surface area contributed by atoms with E-state index < -0.39 is 0 Å². The molecule has 110 heavy (non-hydrogen) atoms. The van der Waals surface area contributed by atoms with Crippen molar-refractivity contribution in [1.29, 1.82) is 0 Å². The van der Waals surface area contributed by atoms with Gasteiger partial charge in [-0.15, -0.1) is 0 Å². The molecule has 8 nitrogen and oxygen atoms in total. The Balaban J connectivity index is 0.000000140. The van der Waals surface area contributed by atoms with Crippen LogP contribution in [-0.2, 0) is 0 Å². The van der Waals surface area contributed by atoms with Gasteiger partial charge in [0.05, 0.1) is 22.1 Å². The number of rotatable bonds is 10. The molecule has 0 saturated carbocycles. The van der Waals surface area contributed by atoms with Crippen LogP contribution in [0.15, 0.2) is 388 Å². The van der Waals surface area contributed by atoms with E-state index in [2.05, 4.69) is 276 Å². The van der Waals surface area contributed by atoms with Crippen LogP contribution < -0.4 is 0 Å². The maximum absolute atomic E-state index is 5.02. The molecule has 22 rings (SSSR count). The molecule has 0 aliphatic heterocycles. The molecule has 0 saturated heterocycles. The summed E-state index contributed by atoms with van der Waals surface area (Å²) >= 11 is 0. The van der Waals surface area contributed by atoms with E-state index in [4.69, 9.17) is 29.9 Å². The third-order valence-electron chi connectivity index (χ3n) is 21.6. The van der Waals surface area contributed by atoms with E-state index >= 15 is 0 Å². The monoisotopic (exact) mass is 1400 g/mol. The van der Waals surface area contributed by atoms with Crippen molar-refractivity contribution in [3.8, 4) is 102 Å². The summed E-state index contributed by atoms with van der Waals surface area (Å²) in [7, 11) is 0. The third-order valence-corrected chi connectivity index (χ3v) is 21.6. The van der Waals surface area contributed by atoms with Crippen LogP contribution in [0.1, 0.15) is 0 Å². The summed E-state index contributed by atoms with van der Waals surface area (Å²) in [5, 5.41) is 20.0. The SMILES string of the molecule is c1ccc(-c2nc(-c3ccccc3)nc(-c3cccc(-n4c5ccccc5c5c6ccc(-c7ccc8c(ccc9ccccc98)c7)cc6ccc54)c3)n2)cc1.c1ccc(-c2nc(-c3ccccc3)nc(-c3cccc(-n4c5ccccc5c5c6ccc(-c7ccc8ccc9ccccc9c8c7)cc6ccc54)c3)n2)cc1. The molecule has 0 fully saturated rings. The Morgan fingerprint density at radius 3 is 0.855 bits per heavy atom. The Labute approximate surface area is 633 Å². The van der Waals surface area contributed by atoms with E-state index in [1.165, 1.54) is 108 Å². The molecule has 0 amide bonds. The van der Waals surface area contributed by atoms with Gasteiger partial charge in [-0.1, -0.05) is 315 Å². The Morgan fingerprint density at radius 2 is 0.427 bits per heavy atom. The predicted molar refractivity (Wildman–Crippen MR) is 457 cm³/mol. The molecule has 4 heterocycles. The fourth-order valence-corrected chi connectivity index (χ4v) is 16.3. The number of hydrogen-bond donors (Lipinski definition) is 0. The zero-order valence-corrected chi connectivity index (χ0v) is 59.5. The zero-order valence-electron chi connectivity index (χ0n) is 59.5. The zero-order chi connectivity index (χ0) is 72.6. The second-order valence-electron chi connectivity index (χ2n) is 28.1. The minimum atomic E-state index is 0.634. The minimum Gasteiger partial charge on any atom is -0.309 e. The standard InChI is InChI=1S/2C51H32N4/c1-3-13-34(14-4-1)49-52-50(35-15-5-2-6-16-35)54-51(53-49)40-17-11-18-41(32-40)55-46-21-10-9-20-45(46)48-44-28-25-37(31-39(44)26-29-47(48)55)36-24-27-43-38(30-36)23-22-33-12-7-8-19-42(33)43;1-3-13-35(14-4-1)49-52-50(36-15-5-2-6-16-36)54-51(53-49)40-17-11-18-41(31-40)55-46-21-10-9-20-44(46)48-43-28-26-37(30-39(43)27-29-47(48)55)38-25-24-34-23-22-33-12-7-8-19-42(33)45(34)32-38/h2*1-32H. The van der Waals surface area contributed by atoms with E-state index in [1.807, 2.05) is 121 Å². The quantitative estimate of drug-likeness (QED) is 0.127. The van der Waals surface area contributed by atoms with E-state index in [0.717, 1.165) is 66.8 Å². The van der Waals surface area contributed by atoms with Gasteiger partial charge >= 0.3 is 0 Å². The van der Waals surface area contributed by atoms with Crippen LogP contribution in [0.25, 0.3) is 210 Å². The summed E-state index contributed by atoms with van der Waals surface area (Å²) in [6, 6.07) is 138. The maximum atomic E-state index is 5.02. The van der Waals surface area contributed by atoms with Crippen LogP contribution in [0, 0.1) is 0 Å². The lowest BCUT2D eigenvalue weighted by molar-refractivity contribution is 1.07. The van der Waals surface area contributed by atoms with Crippen molar-refractivity contribution < 1.29 is 0 Å². The van der Waals surface area contributed by atoms with Crippen LogP contribution in [0.2, 0.25) is 0 Å². The minimum absolute atomic E-state index is 0.634. The summed E-state index contributed by atoms with van der Waals surface area (Å²) < 4.78 is 4.74. The van der Waals surface area contributed by atoms with Gasteiger partial charge in [0.15, 0.2) is 34.9 Å². The Hall–Kier alpha value is -14.9. The van der Waals surface area contributed by atoms with E-state index in [-0.39, 0.29) is 0 Å². The molecule has 0 spiro atoms. The Morgan fingerprint density at radius 1 is 0.145 bits per heavy atom. The largest absolute Gasteiger partial charge is 0.309 e. The highest BCUT2D eigenvalue weighted by Crippen LogP contribution is 2.43. The van der Waals surface area contributed by atoms with Gasteiger partial charge in [0.1, 0.15) is 0 Å². The van der Waals surface area contributed by atoms with E-state index in [1.54, 1.807) is 0 Å². The van der Waals surface area contributed by atoms with Crippen LogP contribution in [0.4, 0.5) is 0 Å². The highest BCUT2D eigenvalue weighted by Gasteiger charge is 2.21. The molecule has 18 aromatic carbocycles. The van der Waals surface area contributed by atoms with Crippen LogP contribution in [0.5, 0.6) is 0 Å². The fourth-order valence-electron chi connectivity index (χ4n) is 16.3. The van der Waals surface area contributed by atoms with Crippen LogP contribution in [-0.4, -0.2) is 39.0 Å². The highest BCUT2D eigenvalue weighted by molar-refractivity contribution is 6.23. The van der Waals surface area contributed by atoms with Crippen molar-refractivity contribution in [2.24, 2.45) is 0 Å². The van der Waals surface area contributed by atoms with Crippen molar-refractivity contribution in [3.05, 3.63) is 388 Å². The lowest BCUT2D eigenvalue weighted by atomic mass is 9.95. The third kappa shape index (κ3) is 11.2. The lowest BCUT2D eigenvalue weighted by Crippen LogP contribution is -2.01. The van der Waals surface area contributed by atoms with Crippen molar-refractivity contribution in [2.45, 2.75) is 0 Å². The molecule has 0 atom stereocenters. The number of fused-ring (bicyclic) bond motifs is 16. The summed E-state index contributed by atoms with van der Waals surface area (Å²) in [5.41, 5.74) is 17.2. The van der Waals surface area contributed by atoms with Gasteiger partial charge in [0, 0.05) is 66.3 Å². The molecule has 0 aliphatic rings. The summed E-state index contributed by atoms with van der Waals surface area (Å²) in [6.45, 7) is 0. The molecular weight excluding hydrogens is 1340 g/mol. The molecule has 0 N–H and O–H groups in total. The summed E-state index contributed by atoms with van der Waals surface area (Å²) in [5.74, 6) is 3.86. The average Bonchev–Trinajstić information content (AvgIpc) is 1.57. The normalized spacial score (nSPS) is 11.6. The number of aromatic nitrogens is 8. The van der Waals surface area contributed by atoms with Gasteiger partial charge in [-0.05, 0) is 160 Å². The van der Waals surface area contributed by atoms with Crippen molar-refractivity contribution in [3.63, 3.8) is 0 Å². The highest BCUT2D eigenvalue weighted by atomic mass is 15.1. The lowest BCUT2D eigenvalue weighted by Gasteiger charge is -2.12.